The summed E-state index contributed by atoms with van der Waals surface area (Å²) >= 11 is 6.13. The Labute approximate surface area is 193 Å². The number of ether oxygens (including phenoxy) is 2. The molecule has 0 saturated carbocycles. The van der Waals surface area contributed by atoms with E-state index in [0.29, 0.717) is 41.9 Å². The Kier molecular flexibility index (Phi) is 6.97. The smallest absolute Gasteiger partial charge is 0.274 e. The number of carbonyl (C=O) groups excluding carboxylic acids is 1. The Morgan fingerprint density at radius 1 is 1.06 bits per heavy atom. The Balaban J connectivity index is 1.30. The zero-order valence-corrected chi connectivity index (χ0v) is 19.1. The number of aryl methyl sites for hydroxylation is 1. The summed E-state index contributed by atoms with van der Waals surface area (Å²) in [7, 11) is 1.63. The molecule has 1 aliphatic heterocycles. The maximum atomic E-state index is 13.0. The molecule has 2 aromatic carbocycles. The van der Waals surface area contributed by atoms with Crippen LogP contribution in [0.4, 0.5) is 0 Å². The molecule has 1 amide bonds. The van der Waals surface area contributed by atoms with Crippen molar-refractivity contribution >= 4 is 17.5 Å². The van der Waals surface area contributed by atoms with Crippen LogP contribution in [0.2, 0.25) is 5.02 Å². The molecule has 1 fully saturated rings. The predicted octanol–water partition coefficient (Wildman–Crippen LogP) is 3.68. The molecule has 0 radical (unpaired) electrons. The lowest BCUT2D eigenvalue weighted by Gasteiger charge is -2.34. The van der Waals surface area contributed by atoms with Crippen molar-refractivity contribution in [2.24, 2.45) is 0 Å². The van der Waals surface area contributed by atoms with Crippen LogP contribution in [0.3, 0.4) is 0 Å². The van der Waals surface area contributed by atoms with Gasteiger partial charge in [0.05, 0.1) is 12.1 Å². The molecule has 0 aliphatic carbocycles. The maximum absolute atomic E-state index is 13.0. The van der Waals surface area contributed by atoms with E-state index in [1.165, 1.54) is 0 Å². The predicted molar refractivity (Wildman–Crippen MR) is 124 cm³/mol. The highest BCUT2D eigenvalue weighted by molar-refractivity contribution is 6.32. The van der Waals surface area contributed by atoms with Crippen LogP contribution in [-0.4, -0.2) is 71.9 Å². The Hall–Kier alpha value is -3.03. The summed E-state index contributed by atoms with van der Waals surface area (Å²) < 4.78 is 12.9. The van der Waals surface area contributed by atoms with Crippen LogP contribution < -0.4 is 9.47 Å². The first-order chi connectivity index (χ1) is 15.5. The molecule has 8 heteroatoms. The minimum atomic E-state index is -0.0534. The second-order valence-electron chi connectivity index (χ2n) is 7.73. The molecule has 0 unspecified atom stereocenters. The highest BCUT2D eigenvalue weighted by Crippen LogP contribution is 2.24. The van der Waals surface area contributed by atoms with Crippen molar-refractivity contribution in [3.05, 3.63) is 71.0 Å². The molecule has 1 aromatic heterocycles. The van der Waals surface area contributed by atoms with Crippen LogP contribution >= 0.6 is 11.6 Å². The maximum Gasteiger partial charge on any atom is 0.274 e. The molecule has 168 valence electrons. The van der Waals surface area contributed by atoms with Gasteiger partial charge in [0.25, 0.3) is 5.91 Å². The molecule has 0 N–H and O–H groups in total. The Morgan fingerprint density at radius 3 is 2.59 bits per heavy atom. The van der Waals surface area contributed by atoms with Crippen LogP contribution in [0.5, 0.6) is 11.5 Å². The first kappa shape index (κ1) is 22.2. The van der Waals surface area contributed by atoms with E-state index in [1.807, 2.05) is 54.3 Å². The van der Waals surface area contributed by atoms with E-state index in [1.54, 1.807) is 24.1 Å². The summed E-state index contributed by atoms with van der Waals surface area (Å²) in [5, 5.41) is 5.13. The van der Waals surface area contributed by atoms with Gasteiger partial charge in [0.2, 0.25) is 0 Å². The second kappa shape index (κ2) is 10.1. The summed E-state index contributed by atoms with van der Waals surface area (Å²) in [6.07, 6.45) is 1.80. The summed E-state index contributed by atoms with van der Waals surface area (Å²) in [5.74, 6) is 1.36. The number of aromatic nitrogens is 2. The SMILES string of the molecule is COc1ccc(C)cc1-n1ccc(C(=O)N2CCN(CCOc3ccccc3Cl)CC2)n1. The first-order valence-electron chi connectivity index (χ1n) is 10.6. The summed E-state index contributed by atoms with van der Waals surface area (Å²) in [6.45, 7) is 6.26. The van der Waals surface area contributed by atoms with Gasteiger partial charge in [0.1, 0.15) is 23.8 Å². The van der Waals surface area contributed by atoms with Crippen LogP contribution in [0.15, 0.2) is 54.7 Å². The number of para-hydroxylation sites is 1. The molecule has 1 saturated heterocycles. The monoisotopic (exact) mass is 454 g/mol. The third kappa shape index (κ3) is 5.06. The molecule has 0 spiro atoms. The normalized spacial score (nSPS) is 14.4. The first-order valence-corrected chi connectivity index (χ1v) is 11.0. The number of piperazine rings is 1. The second-order valence-corrected chi connectivity index (χ2v) is 8.14. The Bertz CT molecular complexity index is 1080. The minimum absolute atomic E-state index is 0.0534. The van der Waals surface area contributed by atoms with E-state index in [9.17, 15) is 4.79 Å². The van der Waals surface area contributed by atoms with Gasteiger partial charge in [-0.3, -0.25) is 9.69 Å². The van der Waals surface area contributed by atoms with Crippen LogP contribution in [0.1, 0.15) is 16.1 Å². The third-order valence-electron chi connectivity index (χ3n) is 5.55. The number of amides is 1. The van der Waals surface area contributed by atoms with Crippen LogP contribution in [-0.2, 0) is 0 Å². The Morgan fingerprint density at radius 2 is 1.84 bits per heavy atom. The van der Waals surface area contributed by atoms with Crippen molar-refractivity contribution < 1.29 is 14.3 Å². The molecular weight excluding hydrogens is 428 g/mol. The molecule has 3 aromatic rings. The number of carbonyl (C=O) groups is 1. The van der Waals surface area contributed by atoms with Crippen molar-refractivity contribution in [2.45, 2.75) is 6.92 Å². The lowest BCUT2D eigenvalue weighted by Crippen LogP contribution is -2.49. The van der Waals surface area contributed by atoms with Gasteiger partial charge >= 0.3 is 0 Å². The number of rotatable bonds is 7. The summed E-state index contributed by atoms with van der Waals surface area (Å²) in [6, 6.07) is 15.1. The zero-order chi connectivity index (χ0) is 22.5. The van der Waals surface area contributed by atoms with Gasteiger partial charge in [-0.1, -0.05) is 29.8 Å². The van der Waals surface area contributed by atoms with E-state index >= 15 is 0 Å². The van der Waals surface area contributed by atoms with Crippen molar-refractivity contribution in [3.63, 3.8) is 0 Å². The number of methoxy groups -OCH3 is 1. The molecule has 1 aliphatic rings. The fraction of sp³-hybridized carbons (Fsp3) is 0.333. The molecular formula is C24H27ClN4O3. The molecule has 2 heterocycles. The molecule has 0 atom stereocenters. The van der Waals surface area contributed by atoms with Crippen molar-refractivity contribution in [1.29, 1.82) is 0 Å². The standard InChI is InChI=1S/C24H27ClN4O3/c1-18-7-8-23(31-2)21(17-18)29-10-9-20(26-29)24(30)28-13-11-27(12-14-28)15-16-32-22-6-4-3-5-19(22)25/h3-10,17H,11-16H2,1-2H3. The van der Waals surface area contributed by atoms with Gasteiger partial charge < -0.3 is 14.4 Å². The average Bonchev–Trinajstić information content (AvgIpc) is 3.30. The third-order valence-corrected chi connectivity index (χ3v) is 5.86. The fourth-order valence-electron chi connectivity index (χ4n) is 3.73. The number of benzene rings is 2. The number of nitrogens with zero attached hydrogens (tertiary/aromatic N) is 4. The van der Waals surface area contributed by atoms with E-state index < -0.39 is 0 Å². The van der Waals surface area contributed by atoms with Gasteiger partial charge in [-0.05, 0) is 42.8 Å². The van der Waals surface area contributed by atoms with E-state index in [-0.39, 0.29) is 5.91 Å². The molecule has 4 rings (SSSR count). The molecule has 32 heavy (non-hydrogen) atoms. The largest absolute Gasteiger partial charge is 0.494 e. The number of halogens is 1. The van der Waals surface area contributed by atoms with Crippen molar-refractivity contribution in [3.8, 4) is 17.2 Å². The van der Waals surface area contributed by atoms with Crippen LogP contribution in [0.25, 0.3) is 5.69 Å². The van der Waals surface area contributed by atoms with E-state index in [2.05, 4.69) is 10.00 Å². The minimum Gasteiger partial charge on any atom is -0.494 e. The quantitative estimate of drug-likeness (QED) is 0.545. The van der Waals surface area contributed by atoms with Crippen molar-refractivity contribution in [1.82, 2.24) is 19.6 Å². The zero-order valence-electron chi connectivity index (χ0n) is 18.3. The summed E-state index contributed by atoms with van der Waals surface area (Å²) in [5.41, 5.74) is 2.35. The van der Waals surface area contributed by atoms with Crippen molar-refractivity contribution in [2.75, 3.05) is 46.4 Å². The number of hydrogen-bond donors (Lipinski definition) is 0. The lowest BCUT2D eigenvalue weighted by molar-refractivity contribution is 0.0614. The average molecular weight is 455 g/mol. The fourth-order valence-corrected chi connectivity index (χ4v) is 3.92. The molecule has 0 bridgehead atoms. The van der Waals surface area contributed by atoms with Gasteiger partial charge in [-0.2, -0.15) is 5.10 Å². The highest BCUT2D eigenvalue weighted by atomic mass is 35.5. The topological polar surface area (TPSA) is 59.8 Å². The summed E-state index contributed by atoms with van der Waals surface area (Å²) in [4.78, 5) is 17.1. The van der Waals surface area contributed by atoms with E-state index in [4.69, 9.17) is 21.1 Å². The van der Waals surface area contributed by atoms with Gasteiger partial charge in [-0.25, -0.2) is 4.68 Å². The van der Waals surface area contributed by atoms with Gasteiger partial charge in [0.15, 0.2) is 5.69 Å². The number of hydrogen-bond acceptors (Lipinski definition) is 5. The van der Waals surface area contributed by atoms with Gasteiger partial charge in [-0.15, -0.1) is 0 Å². The van der Waals surface area contributed by atoms with E-state index in [0.717, 1.165) is 30.9 Å². The van der Waals surface area contributed by atoms with Crippen LogP contribution in [0, 0.1) is 6.92 Å². The lowest BCUT2D eigenvalue weighted by atomic mass is 10.2. The highest BCUT2D eigenvalue weighted by Gasteiger charge is 2.24. The molecule has 7 nitrogen and oxygen atoms in total. The van der Waals surface area contributed by atoms with Gasteiger partial charge in [0, 0.05) is 38.9 Å².